The van der Waals surface area contributed by atoms with Gasteiger partial charge in [-0.3, -0.25) is 10.9 Å². The number of hydrazine groups is 1. The Labute approximate surface area is 142 Å². The third-order valence-electron chi connectivity index (χ3n) is 5.48. The van der Waals surface area contributed by atoms with Crippen LogP contribution in [0.15, 0.2) is 24.3 Å². The van der Waals surface area contributed by atoms with Crippen LogP contribution < -0.4 is 21.5 Å². The highest BCUT2D eigenvalue weighted by Gasteiger charge is 2.36. The van der Waals surface area contributed by atoms with Gasteiger partial charge in [0, 0.05) is 12.1 Å². The largest absolute Gasteiger partial charge is 0.358 e. The molecule has 22 heavy (non-hydrogen) atoms. The molecule has 6 atom stereocenters. The van der Waals surface area contributed by atoms with Crippen molar-refractivity contribution in [2.75, 3.05) is 0 Å². The van der Waals surface area contributed by atoms with Gasteiger partial charge in [0.1, 0.15) is 0 Å². The van der Waals surface area contributed by atoms with Crippen molar-refractivity contribution in [3.8, 4) is 0 Å². The second-order valence-corrected chi connectivity index (χ2v) is 7.79. The number of allylic oxidation sites excluding steroid dienone is 2. The van der Waals surface area contributed by atoms with Crippen molar-refractivity contribution in [1.82, 2.24) is 21.5 Å². The molecule has 0 unspecified atom stereocenters. The molecule has 118 valence electrons. The highest BCUT2D eigenvalue weighted by molar-refractivity contribution is 7.80. The first-order valence-electron chi connectivity index (χ1n) is 8.17. The summed E-state index contributed by atoms with van der Waals surface area (Å²) in [6.07, 6.45) is 14.2. The molecule has 0 radical (unpaired) electrons. The van der Waals surface area contributed by atoms with Crippen LogP contribution in [0.3, 0.4) is 0 Å². The number of hydrogen-bond donors (Lipinski definition) is 4. The van der Waals surface area contributed by atoms with Crippen molar-refractivity contribution in [2.24, 2.45) is 23.7 Å². The molecule has 0 aromatic heterocycles. The van der Waals surface area contributed by atoms with Crippen molar-refractivity contribution in [3.05, 3.63) is 24.3 Å². The molecule has 2 saturated carbocycles. The van der Waals surface area contributed by atoms with Crippen LogP contribution in [-0.2, 0) is 0 Å². The Morgan fingerprint density at radius 3 is 1.45 bits per heavy atom. The molecular weight excluding hydrogens is 312 g/mol. The zero-order valence-electron chi connectivity index (χ0n) is 12.4. The summed E-state index contributed by atoms with van der Waals surface area (Å²) in [7, 11) is 0. The van der Waals surface area contributed by atoms with E-state index < -0.39 is 0 Å². The molecule has 0 amide bonds. The minimum Gasteiger partial charge on any atom is -0.358 e. The Hall–Kier alpha value is -1.14. The summed E-state index contributed by atoms with van der Waals surface area (Å²) in [5.74, 6) is 2.75. The lowest BCUT2D eigenvalue weighted by Crippen LogP contribution is -2.54. The summed E-state index contributed by atoms with van der Waals surface area (Å²) in [4.78, 5) is 0. The minimum atomic E-state index is 0.467. The Morgan fingerprint density at radius 2 is 1.14 bits per heavy atom. The van der Waals surface area contributed by atoms with E-state index in [4.69, 9.17) is 24.4 Å². The second kappa shape index (κ2) is 5.81. The third-order valence-corrected chi connectivity index (χ3v) is 5.92. The van der Waals surface area contributed by atoms with E-state index in [1.807, 2.05) is 0 Å². The number of nitrogens with one attached hydrogen (secondary N) is 4. The molecule has 4 aliphatic rings. The van der Waals surface area contributed by atoms with Gasteiger partial charge in [0.25, 0.3) is 0 Å². The Balaban J connectivity index is 1.18. The highest BCUT2D eigenvalue weighted by atomic mass is 32.1. The van der Waals surface area contributed by atoms with E-state index in [9.17, 15) is 0 Å². The summed E-state index contributed by atoms with van der Waals surface area (Å²) in [5, 5.41) is 8.04. The van der Waals surface area contributed by atoms with Gasteiger partial charge in [-0.1, -0.05) is 24.3 Å². The molecule has 4 bridgehead atoms. The third kappa shape index (κ3) is 2.86. The van der Waals surface area contributed by atoms with Crippen LogP contribution in [0.4, 0.5) is 0 Å². The molecule has 4 rings (SSSR count). The molecule has 0 aromatic carbocycles. The van der Waals surface area contributed by atoms with E-state index >= 15 is 0 Å². The fourth-order valence-corrected chi connectivity index (χ4v) is 4.82. The predicted molar refractivity (Wildman–Crippen MR) is 96.0 cm³/mol. The van der Waals surface area contributed by atoms with Gasteiger partial charge in [-0.25, -0.2) is 0 Å². The maximum Gasteiger partial charge on any atom is 0.185 e. The number of thiocarbonyl (C=S) groups is 2. The van der Waals surface area contributed by atoms with Gasteiger partial charge in [0.15, 0.2) is 10.2 Å². The van der Waals surface area contributed by atoms with Crippen molar-refractivity contribution in [3.63, 3.8) is 0 Å². The summed E-state index contributed by atoms with van der Waals surface area (Å²) in [5.41, 5.74) is 6.02. The monoisotopic (exact) mass is 334 g/mol. The smallest absolute Gasteiger partial charge is 0.185 e. The molecule has 0 aromatic rings. The van der Waals surface area contributed by atoms with Gasteiger partial charge in [-0.2, -0.15) is 0 Å². The Kier molecular flexibility index (Phi) is 3.82. The molecule has 0 heterocycles. The molecule has 0 spiro atoms. The lowest BCUT2D eigenvalue weighted by molar-refractivity contribution is 0.510. The van der Waals surface area contributed by atoms with Crippen LogP contribution in [0.1, 0.15) is 25.7 Å². The first-order valence-corrected chi connectivity index (χ1v) is 8.98. The first kappa shape index (κ1) is 14.5. The second-order valence-electron chi connectivity index (χ2n) is 6.97. The molecule has 6 heteroatoms. The number of fused-ring (bicyclic) bond motifs is 4. The number of hydrogen-bond acceptors (Lipinski definition) is 2. The average Bonchev–Trinajstić information content (AvgIpc) is 3.25. The minimum absolute atomic E-state index is 0.467. The van der Waals surface area contributed by atoms with Crippen LogP contribution in [0.25, 0.3) is 0 Å². The zero-order valence-corrected chi connectivity index (χ0v) is 14.1. The van der Waals surface area contributed by atoms with Gasteiger partial charge < -0.3 is 10.6 Å². The van der Waals surface area contributed by atoms with Crippen molar-refractivity contribution < 1.29 is 0 Å². The first-order chi connectivity index (χ1) is 10.7. The molecule has 0 aliphatic heterocycles. The lowest BCUT2D eigenvalue weighted by Gasteiger charge is -2.24. The highest BCUT2D eigenvalue weighted by Crippen LogP contribution is 2.39. The lowest BCUT2D eigenvalue weighted by atomic mass is 10.0. The Morgan fingerprint density at radius 1 is 0.682 bits per heavy atom. The van der Waals surface area contributed by atoms with Crippen LogP contribution in [0.2, 0.25) is 0 Å². The maximum absolute atomic E-state index is 5.35. The summed E-state index contributed by atoms with van der Waals surface area (Å²) < 4.78 is 0. The SMILES string of the molecule is S=C(NNC(=S)N[C@@H]1C[C@H]2C=C[C@H]1C2)N[C@@H]1C[C@H]2C=C[C@H]1C2. The van der Waals surface area contributed by atoms with E-state index in [2.05, 4.69) is 45.8 Å². The normalized spacial score (nSPS) is 40.0. The van der Waals surface area contributed by atoms with Crippen molar-refractivity contribution in [1.29, 1.82) is 0 Å². The zero-order chi connectivity index (χ0) is 15.1. The van der Waals surface area contributed by atoms with E-state index in [1.165, 1.54) is 25.7 Å². The van der Waals surface area contributed by atoms with Crippen LogP contribution in [0, 0.1) is 23.7 Å². The van der Waals surface area contributed by atoms with E-state index in [0.29, 0.717) is 34.1 Å². The maximum atomic E-state index is 5.35. The fraction of sp³-hybridized carbons (Fsp3) is 0.625. The predicted octanol–water partition coefficient (Wildman–Crippen LogP) is 1.76. The summed E-state index contributed by atoms with van der Waals surface area (Å²) in [6, 6.07) is 0.933. The fourth-order valence-electron chi connectivity index (χ4n) is 4.42. The topological polar surface area (TPSA) is 48.1 Å². The summed E-state index contributed by atoms with van der Waals surface area (Å²) in [6.45, 7) is 0. The van der Waals surface area contributed by atoms with Crippen LogP contribution in [0.5, 0.6) is 0 Å². The van der Waals surface area contributed by atoms with E-state index in [-0.39, 0.29) is 0 Å². The van der Waals surface area contributed by atoms with Gasteiger partial charge in [0.05, 0.1) is 0 Å². The molecular formula is C16H22N4S2. The molecule has 0 saturated heterocycles. The standard InChI is InChI=1S/C16H22N4S2/c21-15(17-13-7-9-1-3-11(13)5-9)19-20-16(22)18-14-8-10-2-4-12(14)6-10/h1-4,9-14H,5-8H2,(H2,17,19,21)(H2,18,20,22)/t9-,10-,11-,12-,13+,14+/m0/s1. The molecule has 2 fully saturated rings. The molecule has 4 nitrogen and oxygen atoms in total. The van der Waals surface area contributed by atoms with Crippen molar-refractivity contribution in [2.45, 2.75) is 37.8 Å². The van der Waals surface area contributed by atoms with Crippen LogP contribution >= 0.6 is 24.4 Å². The van der Waals surface area contributed by atoms with Gasteiger partial charge in [-0.15, -0.1) is 0 Å². The molecule has 4 N–H and O–H groups in total. The summed E-state index contributed by atoms with van der Waals surface area (Å²) >= 11 is 10.7. The van der Waals surface area contributed by atoms with Gasteiger partial charge >= 0.3 is 0 Å². The Bertz CT molecular complexity index is 496. The van der Waals surface area contributed by atoms with E-state index in [1.54, 1.807) is 0 Å². The molecule has 4 aliphatic carbocycles. The van der Waals surface area contributed by atoms with Gasteiger partial charge in [-0.05, 0) is 73.8 Å². The quantitative estimate of drug-likeness (QED) is 0.351. The van der Waals surface area contributed by atoms with Crippen LogP contribution in [-0.4, -0.2) is 22.3 Å². The average molecular weight is 335 g/mol. The van der Waals surface area contributed by atoms with Gasteiger partial charge in [0.2, 0.25) is 0 Å². The van der Waals surface area contributed by atoms with Crippen molar-refractivity contribution >= 4 is 34.7 Å². The van der Waals surface area contributed by atoms with E-state index in [0.717, 1.165) is 11.8 Å². The number of rotatable bonds is 2.